The summed E-state index contributed by atoms with van der Waals surface area (Å²) in [4.78, 5) is 22.1. The number of piperidine rings is 1. The van der Waals surface area contributed by atoms with E-state index in [4.69, 9.17) is 0 Å². The van der Waals surface area contributed by atoms with Gasteiger partial charge in [0.25, 0.3) is 0 Å². The van der Waals surface area contributed by atoms with Gasteiger partial charge in [0.05, 0.1) is 11.4 Å². The molecule has 3 fully saturated rings. The Hall–Kier alpha value is -2.21. The van der Waals surface area contributed by atoms with Gasteiger partial charge in [-0.05, 0) is 50.3 Å². The second-order valence-electron chi connectivity index (χ2n) is 8.08. The fourth-order valence-corrected chi connectivity index (χ4v) is 4.48. The zero-order chi connectivity index (χ0) is 18.8. The maximum absolute atomic E-state index is 13.0. The zero-order valence-corrected chi connectivity index (χ0v) is 16.3. The van der Waals surface area contributed by atoms with Gasteiger partial charge in [-0.2, -0.15) is 5.10 Å². The van der Waals surface area contributed by atoms with Gasteiger partial charge in [0.2, 0.25) is 5.91 Å². The molecule has 27 heavy (non-hydrogen) atoms. The van der Waals surface area contributed by atoms with Crippen molar-refractivity contribution in [1.29, 1.82) is 0 Å². The van der Waals surface area contributed by atoms with E-state index in [2.05, 4.69) is 38.0 Å². The quantitative estimate of drug-likeness (QED) is 0.882. The SMILES string of the molecule is Cc1[nH]nc(CCC(=O)N2C[C@@H]3CC[C@H]2CN(Cc2ccccn2)C3)c1C. The molecule has 5 heterocycles. The molecule has 144 valence electrons. The molecule has 1 N–H and O–H groups in total. The van der Waals surface area contributed by atoms with Gasteiger partial charge in [0.1, 0.15) is 0 Å². The van der Waals surface area contributed by atoms with E-state index in [0.717, 1.165) is 56.1 Å². The number of fused-ring (bicyclic) bond motifs is 4. The van der Waals surface area contributed by atoms with Crippen molar-refractivity contribution in [2.75, 3.05) is 19.6 Å². The van der Waals surface area contributed by atoms with Gasteiger partial charge >= 0.3 is 0 Å². The van der Waals surface area contributed by atoms with Gasteiger partial charge in [0, 0.05) is 57.0 Å². The van der Waals surface area contributed by atoms with Crippen LogP contribution in [0.2, 0.25) is 0 Å². The Kier molecular flexibility index (Phi) is 5.25. The van der Waals surface area contributed by atoms with E-state index >= 15 is 0 Å². The number of nitrogens with one attached hydrogen (secondary N) is 1. The molecule has 0 radical (unpaired) electrons. The molecule has 2 aromatic rings. The Morgan fingerprint density at radius 3 is 2.85 bits per heavy atom. The van der Waals surface area contributed by atoms with Crippen LogP contribution in [0.1, 0.15) is 41.9 Å². The molecule has 0 aliphatic carbocycles. The number of nitrogens with zero attached hydrogens (tertiary/aromatic N) is 4. The summed E-state index contributed by atoms with van der Waals surface area (Å²) in [6.07, 6.45) is 5.48. The van der Waals surface area contributed by atoms with Crippen LogP contribution in [0.3, 0.4) is 0 Å². The van der Waals surface area contributed by atoms with E-state index in [9.17, 15) is 4.79 Å². The Morgan fingerprint density at radius 1 is 1.22 bits per heavy atom. The predicted octanol–water partition coefficient (Wildman–Crippen LogP) is 2.48. The first-order chi connectivity index (χ1) is 13.1. The van der Waals surface area contributed by atoms with E-state index in [1.807, 2.05) is 25.3 Å². The summed E-state index contributed by atoms with van der Waals surface area (Å²) in [5.41, 5.74) is 4.41. The summed E-state index contributed by atoms with van der Waals surface area (Å²) < 4.78 is 0. The lowest BCUT2D eigenvalue weighted by molar-refractivity contribution is -0.135. The summed E-state index contributed by atoms with van der Waals surface area (Å²) in [5.74, 6) is 0.857. The van der Waals surface area contributed by atoms with Crippen molar-refractivity contribution >= 4 is 5.91 Å². The Bertz CT molecular complexity index is 787. The third kappa shape index (κ3) is 4.05. The van der Waals surface area contributed by atoms with Crippen LogP contribution in [0.25, 0.3) is 0 Å². The fraction of sp³-hybridized carbons (Fsp3) is 0.571. The molecule has 3 saturated heterocycles. The number of hydrogen-bond acceptors (Lipinski definition) is 4. The molecule has 6 heteroatoms. The van der Waals surface area contributed by atoms with Crippen molar-refractivity contribution in [3.63, 3.8) is 0 Å². The van der Waals surface area contributed by atoms with Crippen LogP contribution in [0, 0.1) is 19.8 Å². The monoisotopic (exact) mass is 367 g/mol. The lowest BCUT2D eigenvalue weighted by atomic mass is 9.94. The van der Waals surface area contributed by atoms with Crippen LogP contribution in [0.4, 0.5) is 0 Å². The molecule has 0 unspecified atom stereocenters. The molecular weight excluding hydrogens is 338 g/mol. The van der Waals surface area contributed by atoms with Gasteiger partial charge in [-0.1, -0.05) is 6.07 Å². The maximum atomic E-state index is 13.0. The predicted molar refractivity (Wildman–Crippen MR) is 104 cm³/mol. The molecule has 2 atom stereocenters. The minimum Gasteiger partial charge on any atom is -0.338 e. The Balaban J connectivity index is 1.38. The van der Waals surface area contributed by atoms with Crippen LogP contribution < -0.4 is 0 Å². The number of aromatic amines is 1. The highest BCUT2D eigenvalue weighted by Crippen LogP contribution is 2.29. The number of pyridine rings is 1. The molecule has 1 amide bonds. The topological polar surface area (TPSA) is 65.1 Å². The lowest BCUT2D eigenvalue weighted by Gasteiger charge is -2.36. The normalized spacial score (nSPS) is 22.8. The fourth-order valence-electron chi connectivity index (χ4n) is 4.48. The first-order valence-corrected chi connectivity index (χ1v) is 10.0. The summed E-state index contributed by atoms with van der Waals surface area (Å²) in [5, 5.41) is 7.37. The van der Waals surface area contributed by atoms with Crippen molar-refractivity contribution in [3.8, 4) is 0 Å². The van der Waals surface area contributed by atoms with Gasteiger partial charge in [-0.15, -0.1) is 0 Å². The van der Waals surface area contributed by atoms with E-state index in [-0.39, 0.29) is 5.91 Å². The van der Waals surface area contributed by atoms with Crippen LogP contribution in [-0.2, 0) is 17.8 Å². The van der Waals surface area contributed by atoms with Crippen LogP contribution in [-0.4, -0.2) is 56.6 Å². The number of rotatable bonds is 5. The molecule has 2 aromatic heterocycles. The molecule has 0 saturated carbocycles. The number of hydrogen-bond donors (Lipinski definition) is 1. The number of aromatic nitrogens is 3. The van der Waals surface area contributed by atoms with E-state index < -0.39 is 0 Å². The van der Waals surface area contributed by atoms with E-state index in [1.165, 1.54) is 12.0 Å². The van der Waals surface area contributed by atoms with Gasteiger partial charge in [-0.25, -0.2) is 0 Å². The van der Waals surface area contributed by atoms with Gasteiger partial charge < -0.3 is 4.90 Å². The number of carbonyl (C=O) groups excluding carboxylic acids is 1. The molecule has 0 aromatic carbocycles. The third-order valence-electron chi connectivity index (χ3n) is 6.15. The minimum absolute atomic E-state index is 0.282. The lowest BCUT2D eigenvalue weighted by Crippen LogP contribution is -2.47. The molecule has 3 aliphatic rings. The van der Waals surface area contributed by atoms with Crippen molar-refractivity contribution in [3.05, 3.63) is 47.0 Å². The number of H-pyrrole nitrogens is 1. The zero-order valence-electron chi connectivity index (χ0n) is 16.3. The summed E-state index contributed by atoms with van der Waals surface area (Å²) in [6.45, 7) is 7.90. The highest BCUT2D eigenvalue weighted by Gasteiger charge is 2.36. The molecule has 6 nitrogen and oxygen atoms in total. The highest BCUT2D eigenvalue weighted by atomic mass is 16.2. The first kappa shape index (κ1) is 18.2. The number of aryl methyl sites for hydroxylation is 2. The Labute approximate surface area is 161 Å². The number of amides is 1. The van der Waals surface area contributed by atoms with Gasteiger partial charge in [-0.3, -0.25) is 19.8 Å². The molecule has 3 aliphatic heterocycles. The van der Waals surface area contributed by atoms with Crippen LogP contribution in [0.15, 0.2) is 24.4 Å². The minimum atomic E-state index is 0.282. The summed E-state index contributed by atoms with van der Waals surface area (Å²) in [6, 6.07) is 6.42. The smallest absolute Gasteiger partial charge is 0.223 e. The average Bonchev–Trinajstić information content (AvgIpc) is 2.84. The molecule has 5 rings (SSSR count). The van der Waals surface area contributed by atoms with Crippen molar-refractivity contribution in [2.24, 2.45) is 5.92 Å². The van der Waals surface area contributed by atoms with Crippen molar-refractivity contribution < 1.29 is 4.79 Å². The van der Waals surface area contributed by atoms with Crippen molar-refractivity contribution in [2.45, 2.75) is 52.1 Å². The first-order valence-electron chi connectivity index (χ1n) is 10.0. The second-order valence-corrected chi connectivity index (χ2v) is 8.08. The van der Waals surface area contributed by atoms with Crippen molar-refractivity contribution in [1.82, 2.24) is 25.0 Å². The van der Waals surface area contributed by atoms with Gasteiger partial charge in [0.15, 0.2) is 0 Å². The van der Waals surface area contributed by atoms with E-state index in [0.29, 0.717) is 18.4 Å². The third-order valence-corrected chi connectivity index (χ3v) is 6.15. The van der Waals surface area contributed by atoms with E-state index in [1.54, 1.807) is 0 Å². The second kappa shape index (κ2) is 7.80. The molecule has 2 bridgehead atoms. The van der Waals surface area contributed by atoms with Crippen LogP contribution >= 0.6 is 0 Å². The standard InChI is InChI=1S/C21H29N5O/c1-15-16(2)23-24-20(15)8-9-21(27)26-12-17-6-7-19(26)14-25(11-17)13-18-5-3-4-10-22-18/h3-5,10,17,19H,6-9,11-14H2,1-2H3,(H,23,24)/t17-,19+/m1/s1. The summed E-state index contributed by atoms with van der Waals surface area (Å²) in [7, 11) is 0. The largest absolute Gasteiger partial charge is 0.338 e. The summed E-state index contributed by atoms with van der Waals surface area (Å²) >= 11 is 0. The molecule has 0 spiro atoms. The molecular formula is C21H29N5O. The number of carbonyl (C=O) groups is 1. The maximum Gasteiger partial charge on any atom is 0.223 e. The Morgan fingerprint density at radius 2 is 2.11 bits per heavy atom. The average molecular weight is 367 g/mol. The van der Waals surface area contributed by atoms with Crippen LogP contribution in [0.5, 0.6) is 0 Å². The highest BCUT2D eigenvalue weighted by molar-refractivity contribution is 5.77.